The summed E-state index contributed by atoms with van der Waals surface area (Å²) in [6, 6.07) is 18.1. The van der Waals surface area contributed by atoms with Crippen LogP contribution in [-0.4, -0.2) is 38.8 Å². The summed E-state index contributed by atoms with van der Waals surface area (Å²) in [5, 5.41) is 16.6. The van der Waals surface area contributed by atoms with Gasteiger partial charge in [0.1, 0.15) is 5.75 Å². The smallest absolute Gasteiger partial charge is 0.335 e. The Bertz CT molecular complexity index is 1680. The average Bonchev–Trinajstić information content (AvgIpc) is 3.48. The summed E-state index contributed by atoms with van der Waals surface area (Å²) in [5.41, 5.74) is 7.12. The Labute approximate surface area is 250 Å². The molecule has 216 valence electrons. The maximum Gasteiger partial charge on any atom is 0.335 e. The molecule has 2 aromatic carbocycles. The van der Waals surface area contributed by atoms with Crippen LogP contribution in [0.3, 0.4) is 0 Å². The molecule has 0 saturated carbocycles. The van der Waals surface area contributed by atoms with Gasteiger partial charge in [-0.15, -0.1) is 0 Å². The van der Waals surface area contributed by atoms with Crippen LogP contribution in [0.5, 0.6) is 5.75 Å². The van der Waals surface area contributed by atoms with Gasteiger partial charge in [0, 0.05) is 41.4 Å². The third-order valence-corrected chi connectivity index (χ3v) is 7.96. The fourth-order valence-corrected chi connectivity index (χ4v) is 5.91. The number of carboxylic acids is 1. The molecule has 2 atom stereocenters. The van der Waals surface area contributed by atoms with E-state index in [4.69, 9.17) is 17.0 Å². The molecule has 3 heterocycles. The second-order valence-electron chi connectivity index (χ2n) is 10.3. The molecule has 4 aromatic rings. The highest BCUT2D eigenvalue weighted by Gasteiger charge is 2.42. The molecule has 1 aliphatic rings. The number of benzene rings is 2. The van der Waals surface area contributed by atoms with Crippen LogP contribution >= 0.6 is 12.2 Å². The number of thiocarbonyl (C=S) groups is 1. The minimum atomic E-state index is -0.974. The number of carboxylic acid groups (broad SMARTS) is 1. The van der Waals surface area contributed by atoms with Crippen molar-refractivity contribution in [1.82, 2.24) is 14.9 Å². The van der Waals surface area contributed by atoms with Gasteiger partial charge in [-0.25, -0.2) is 4.79 Å². The summed E-state index contributed by atoms with van der Waals surface area (Å²) in [6.07, 6.45) is 2.11. The monoisotopic (exact) mass is 583 g/mol. The Morgan fingerprint density at radius 2 is 1.88 bits per heavy atom. The molecule has 0 radical (unpaired) electrons. The van der Waals surface area contributed by atoms with E-state index in [2.05, 4.69) is 31.2 Å². The predicted octanol–water partition coefficient (Wildman–Crippen LogP) is 6.03. The molecule has 2 aromatic heterocycles. The summed E-state index contributed by atoms with van der Waals surface area (Å²) in [7, 11) is 1.57. The van der Waals surface area contributed by atoms with E-state index in [9.17, 15) is 14.7 Å². The summed E-state index contributed by atoms with van der Waals surface area (Å²) in [5.74, 6) is -0.566. The van der Waals surface area contributed by atoms with Crippen molar-refractivity contribution in [2.75, 3.05) is 17.3 Å². The number of pyridine rings is 1. The van der Waals surface area contributed by atoms with Crippen LogP contribution in [0.1, 0.15) is 64.0 Å². The molecule has 1 aliphatic heterocycles. The molecule has 9 nitrogen and oxygen atoms in total. The molecule has 42 heavy (non-hydrogen) atoms. The van der Waals surface area contributed by atoms with Gasteiger partial charge in [0.2, 0.25) is 5.91 Å². The van der Waals surface area contributed by atoms with E-state index >= 15 is 0 Å². The van der Waals surface area contributed by atoms with Gasteiger partial charge in [-0.1, -0.05) is 19.1 Å². The first kappa shape index (κ1) is 28.8. The molecule has 10 heteroatoms. The molecule has 1 fully saturated rings. The molecule has 3 N–H and O–H groups in total. The van der Waals surface area contributed by atoms with Crippen LogP contribution in [0.2, 0.25) is 0 Å². The Balaban J connectivity index is 1.67. The molecule has 1 saturated heterocycles. The van der Waals surface area contributed by atoms with Crippen molar-refractivity contribution in [2.24, 2.45) is 0 Å². The molecule has 5 rings (SSSR count). The standard InChI is InChI=1S/C32H33N5O4S/c1-6-28(38)34-24-13-12-22(17-27(24)41-5)37-30(29(35-32(37)42)25-9-7-8-14-33-25)23-15-19(3)36(20(23)4)26-16-21(31(39)40)11-10-18(26)2/h7-17,29-30H,6H2,1-5H3,(H,34,38)(H,35,42)(H,39,40)/t29-,30-/m1/s1. The highest BCUT2D eigenvalue weighted by atomic mass is 32.1. The number of amides is 1. The number of carbonyl (C=O) groups is 2. The highest BCUT2D eigenvalue weighted by Crippen LogP contribution is 2.45. The molecule has 0 spiro atoms. The second kappa shape index (κ2) is 11.7. The van der Waals surface area contributed by atoms with Crippen molar-refractivity contribution >= 4 is 40.6 Å². The van der Waals surface area contributed by atoms with Gasteiger partial charge in [-0.3, -0.25) is 9.78 Å². The number of aromatic carboxylic acids is 1. The van der Waals surface area contributed by atoms with Crippen molar-refractivity contribution in [3.8, 4) is 11.4 Å². The van der Waals surface area contributed by atoms with Gasteiger partial charge < -0.3 is 29.9 Å². The lowest BCUT2D eigenvalue weighted by atomic mass is 9.96. The van der Waals surface area contributed by atoms with Crippen LogP contribution in [0.25, 0.3) is 5.69 Å². The maximum atomic E-state index is 12.1. The predicted molar refractivity (Wildman–Crippen MR) is 167 cm³/mol. The number of methoxy groups -OCH3 is 1. The Morgan fingerprint density at radius 1 is 1.10 bits per heavy atom. The van der Waals surface area contributed by atoms with Crippen molar-refractivity contribution in [1.29, 1.82) is 0 Å². The Hall–Kier alpha value is -4.70. The lowest BCUT2D eigenvalue weighted by Gasteiger charge is -2.29. The lowest BCUT2D eigenvalue weighted by molar-refractivity contribution is -0.115. The first-order valence-electron chi connectivity index (χ1n) is 13.7. The number of rotatable bonds is 8. The van der Waals surface area contributed by atoms with E-state index in [1.54, 1.807) is 32.4 Å². The molecule has 0 unspecified atom stereocenters. The number of nitrogens with one attached hydrogen (secondary N) is 2. The minimum Gasteiger partial charge on any atom is -0.494 e. The molecule has 1 amide bonds. The quantitative estimate of drug-likeness (QED) is 0.216. The normalized spacial score (nSPS) is 16.3. The molecule has 0 aliphatic carbocycles. The SMILES string of the molecule is CCC(=O)Nc1ccc(N2C(=S)N[C@H](c3ccccn3)[C@H]2c2cc(C)n(-c3cc(C(=O)O)ccc3C)c2C)cc1OC. The number of aryl methyl sites for hydroxylation is 2. The number of aromatic nitrogens is 2. The van der Waals surface area contributed by atoms with E-state index in [0.29, 0.717) is 23.0 Å². The number of hydrogen-bond acceptors (Lipinski definition) is 5. The third kappa shape index (κ3) is 5.21. The zero-order valence-electron chi connectivity index (χ0n) is 24.1. The zero-order chi connectivity index (χ0) is 30.1. The zero-order valence-corrected chi connectivity index (χ0v) is 25.0. The van der Waals surface area contributed by atoms with Crippen molar-refractivity contribution in [3.05, 3.63) is 101 Å². The van der Waals surface area contributed by atoms with E-state index in [0.717, 1.165) is 39.6 Å². The van der Waals surface area contributed by atoms with Crippen molar-refractivity contribution < 1.29 is 19.4 Å². The summed E-state index contributed by atoms with van der Waals surface area (Å²) >= 11 is 5.93. The summed E-state index contributed by atoms with van der Waals surface area (Å²) in [4.78, 5) is 30.6. The van der Waals surface area contributed by atoms with Crippen LogP contribution < -0.4 is 20.3 Å². The number of ether oxygens (including phenoxy) is 1. The van der Waals surface area contributed by atoms with Crippen LogP contribution in [0.15, 0.2) is 66.9 Å². The number of hydrogen-bond donors (Lipinski definition) is 3. The topological polar surface area (TPSA) is 109 Å². The van der Waals surface area contributed by atoms with E-state index in [1.807, 2.05) is 63.2 Å². The minimum absolute atomic E-state index is 0.109. The summed E-state index contributed by atoms with van der Waals surface area (Å²) in [6.45, 7) is 7.81. The Kier molecular flexibility index (Phi) is 8.00. The van der Waals surface area contributed by atoms with E-state index < -0.39 is 5.97 Å². The van der Waals surface area contributed by atoms with Gasteiger partial charge in [-0.05, 0) is 86.6 Å². The van der Waals surface area contributed by atoms with Crippen molar-refractivity contribution in [2.45, 2.75) is 46.2 Å². The van der Waals surface area contributed by atoms with Gasteiger partial charge in [0.15, 0.2) is 5.11 Å². The second-order valence-corrected chi connectivity index (χ2v) is 10.6. The number of anilines is 2. The first-order chi connectivity index (χ1) is 20.1. The van der Waals surface area contributed by atoms with Crippen LogP contribution in [-0.2, 0) is 4.79 Å². The van der Waals surface area contributed by atoms with Gasteiger partial charge in [-0.2, -0.15) is 0 Å². The first-order valence-corrected chi connectivity index (χ1v) is 14.1. The highest BCUT2D eigenvalue weighted by molar-refractivity contribution is 7.80. The maximum absolute atomic E-state index is 12.1. The lowest BCUT2D eigenvalue weighted by Crippen LogP contribution is -2.29. The molecular formula is C32H33N5O4S. The molecule has 0 bridgehead atoms. The Morgan fingerprint density at radius 3 is 2.55 bits per heavy atom. The van der Waals surface area contributed by atoms with Crippen molar-refractivity contribution in [3.63, 3.8) is 0 Å². The van der Waals surface area contributed by atoms with Gasteiger partial charge in [0.05, 0.1) is 36.1 Å². The van der Waals surface area contributed by atoms with Crippen LogP contribution in [0.4, 0.5) is 11.4 Å². The number of nitrogens with zero attached hydrogens (tertiary/aromatic N) is 3. The van der Waals surface area contributed by atoms with Gasteiger partial charge in [0.25, 0.3) is 0 Å². The fraction of sp³-hybridized carbons (Fsp3) is 0.250. The van der Waals surface area contributed by atoms with Gasteiger partial charge >= 0.3 is 5.97 Å². The van der Waals surface area contributed by atoms with Crippen LogP contribution in [0, 0.1) is 20.8 Å². The van der Waals surface area contributed by atoms with E-state index in [-0.39, 0.29) is 23.6 Å². The average molecular weight is 584 g/mol. The van der Waals surface area contributed by atoms with E-state index in [1.165, 1.54) is 0 Å². The third-order valence-electron chi connectivity index (χ3n) is 7.64. The largest absolute Gasteiger partial charge is 0.494 e. The number of carbonyl (C=O) groups excluding carboxylic acids is 1. The fourth-order valence-electron chi connectivity index (χ4n) is 5.56. The molecular weight excluding hydrogens is 550 g/mol. The summed E-state index contributed by atoms with van der Waals surface area (Å²) < 4.78 is 7.75.